The zero-order chi connectivity index (χ0) is 16.5. The fraction of sp³-hybridized carbons (Fsp3) is 0.0952. The normalized spacial score (nSPS) is 13.5. The number of hydrogen-bond acceptors (Lipinski definition) is 2. The van der Waals surface area contributed by atoms with Crippen LogP contribution in [0.4, 0.5) is 11.4 Å². The summed E-state index contributed by atoms with van der Waals surface area (Å²) in [5, 5.41) is 0. The molecule has 1 amide bonds. The molecule has 1 aliphatic heterocycles. The average molecular weight is 315 g/mol. The van der Waals surface area contributed by atoms with E-state index < -0.39 is 0 Å². The zero-order valence-electron chi connectivity index (χ0n) is 13.3. The lowest BCUT2D eigenvalue weighted by atomic mass is 9.98. The molecule has 118 valence electrons. The first-order valence-corrected chi connectivity index (χ1v) is 8.00. The molecule has 0 N–H and O–H groups in total. The second kappa shape index (κ2) is 5.85. The molecular formula is C21H17NO2. The van der Waals surface area contributed by atoms with E-state index in [1.807, 2.05) is 85.8 Å². The van der Waals surface area contributed by atoms with E-state index in [0.29, 0.717) is 11.5 Å². The fourth-order valence-corrected chi connectivity index (χ4v) is 3.02. The van der Waals surface area contributed by atoms with E-state index in [1.54, 1.807) is 4.90 Å². The molecule has 0 saturated heterocycles. The van der Waals surface area contributed by atoms with Gasteiger partial charge in [-0.15, -0.1) is 0 Å². The van der Waals surface area contributed by atoms with E-state index in [1.165, 1.54) is 0 Å². The molecule has 4 rings (SSSR count). The SMILES string of the molecule is CC(C(=O)N1c2ccccc2Oc2ccccc21)c1ccccc1. The van der Waals surface area contributed by atoms with Gasteiger partial charge in [0.1, 0.15) is 0 Å². The van der Waals surface area contributed by atoms with Gasteiger partial charge in [0.15, 0.2) is 11.5 Å². The minimum absolute atomic E-state index is 0.0319. The van der Waals surface area contributed by atoms with Gasteiger partial charge in [-0.2, -0.15) is 0 Å². The molecule has 3 nitrogen and oxygen atoms in total. The molecular weight excluding hydrogens is 298 g/mol. The van der Waals surface area contributed by atoms with Crippen LogP contribution in [0.2, 0.25) is 0 Å². The standard InChI is InChI=1S/C21H17NO2/c1-15(16-9-3-2-4-10-16)21(23)22-17-11-5-7-13-19(17)24-20-14-8-6-12-18(20)22/h2-15H,1H3. The summed E-state index contributed by atoms with van der Waals surface area (Å²) in [4.78, 5) is 15.1. The number of benzene rings is 3. The molecule has 1 atom stereocenters. The van der Waals surface area contributed by atoms with Gasteiger partial charge in [0.05, 0.1) is 17.3 Å². The summed E-state index contributed by atoms with van der Waals surface area (Å²) in [6.07, 6.45) is 0. The van der Waals surface area contributed by atoms with Crippen LogP contribution in [0.5, 0.6) is 11.5 Å². The Morgan fingerprint density at radius 1 is 0.792 bits per heavy atom. The molecule has 0 fully saturated rings. The molecule has 0 aromatic heterocycles. The van der Waals surface area contributed by atoms with Crippen LogP contribution in [0.25, 0.3) is 0 Å². The lowest BCUT2D eigenvalue weighted by Crippen LogP contribution is -2.32. The summed E-state index contributed by atoms with van der Waals surface area (Å²) in [5.74, 6) is 1.18. The molecule has 0 radical (unpaired) electrons. The Bertz CT molecular complexity index is 844. The molecule has 0 aliphatic carbocycles. The largest absolute Gasteiger partial charge is 0.453 e. The van der Waals surface area contributed by atoms with Gasteiger partial charge in [-0.3, -0.25) is 9.69 Å². The highest BCUT2D eigenvalue weighted by Gasteiger charge is 2.31. The minimum atomic E-state index is -0.245. The van der Waals surface area contributed by atoms with E-state index in [9.17, 15) is 4.79 Å². The maximum absolute atomic E-state index is 13.3. The Morgan fingerprint density at radius 2 is 1.29 bits per heavy atom. The minimum Gasteiger partial charge on any atom is -0.453 e. The van der Waals surface area contributed by atoms with Gasteiger partial charge in [-0.25, -0.2) is 0 Å². The third-order valence-corrected chi connectivity index (χ3v) is 4.32. The molecule has 1 unspecified atom stereocenters. The topological polar surface area (TPSA) is 29.5 Å². The monoisotopic (exact) mass is 315 g/mol. The first kappa shape index (κ1) is 14.5. The lowest BCUT2D eigenvalue weighted by molar-refractivity contribution is -0.119. The van der Waals surface area contributed by atoms with Crippen LogP contribution in [0, 0.1) is 0 Å². The molecule has 0 bridgehead atoms. The van der Waals surface area contributed by atoms with Gasteiger partial charge in [-0.1, -0.05) is 54.6 Å². The van der Waals surface area contributed by atoms with Crippen molar-refractivity contribution in [2.24, 2.45) is 0 Å². The zero-order valence-corrected chi connectivity index (χ0v) is 13.3. The van der Waals surface area contributed by atoms with E-state index in [4.69, 9.17) is 4.74 Å². The number of hydrogen-bond donors (Lipinski definition) is 0. The predicted octanol–water partition coefficient (Wildman–Crippen LogP) is 5.26. The van der Waals surface area contributed by atoms with E-state index in [-0.39, 0.29) is 11.8 Å². The summed E-state index contributed by atoms with van der Waals surface area (Å²) < 4.78 is 5.95. The number of carbonyl (C=O) groups excluding carboxylic acids is 1. The first-order valence-electron chi connectivity index (χ1n) is 8.00. The number of para-hydroxylation sites is 4. The Labute approximate surface area is 141 Å². The van der Waals surface area contributed by atoms with Crippen molar-refractivity contribution in [2.45, 2.75) is 12.8 Å². The van der Waals surface area contributed by atoms with Gasteiger partial charge in [0.25, 0.3) is 0 Å². The molecule has 3 aromatic rings. The highest BCUT2D eigenvalue weighted by Crippen LogP contribution is 2.47. The van der Waals surface area contributed by atoms with Crippen molar-refractivity contribution >= 4 is 17.3 Å². The molecule has 0 saturated carbocycles. The predicted molar refractivity (Wildman–Crippen MR) is 95.0 cm³/mol. The number of carbonyl (C=O) groups is 1. The molecule has 24 heavy (non-hydrogen) atoms. The van der Waals surface area contributed by atoms with Crippen LogP contribution in [0.15, 0.2) is 78.9 Å². The molecule has 1 aliphatic rings. The van der Waals surface area contributed by atoms with Crippen molar-refractivity contribution in [3.8, 4) is 11.5 Å². The van der Waals surface area contributed by atoms with Crippen LogP contribution in [-0.2, 0) is 4.79 Å². The van der Waals surface area contributed by atoms with E-state index >= 15 is 0 Å². The van der Waals surface area contributed by atoms with Crippen LogP contribution in [-0.4, -0.2) is 5.91 Å². The summed E-state index contributed by atoms with van der Waals surface area (Å²) in [7, 11) is 0. The second-order valence-corrected chi connectivity index (χ2v) is 5.84. The number of fused-ring (bicyclic) bond motifs is 2. The Kier molecular flexibility index (Phi) is 3.54. The molecule has 3 aromatic carbocycles. The number of anilines is 2. The number of rotatable bonds is 2. The van der Waals surface area contributed by atoms with E-state index in [0.717, 1.165) is 16.9 Å². The summed E-state index contributed by atoms with van der Waals surface area (Å²) in [6, 6.07) is 25.1. The first-order chi connectivity index (χ1) is 11.8. The maximum atomic E-state index is 13.3. The van der Waals surface area contributed by atoms with Crippen molar-refractivity contribution in [1.82, 2.24) is 0 Å². The Morgan fingerprint density at radius 3 is 1.88 bits per heavy atom. The Balaban J connectivity index is 1.81. The lowest BCUT2D eigenvalue weighted by Gasteiger charge is -2.32. The molecule has 0 spiro atoms. The third kappa shape index (κ3) is 2.35. The van der Waals surface area contributed by atoms with Crippen molar-refractivity contribution < 1.29 is 9.53 Å². The van der Waals surface area contributed by atoms with Crippen molar-refractivity contribution in [1.29, 1.82) is 0 Å². The third-order valence-electron chi connectivity index (χ3n) is 4.32. The van der Waals surface area contributed by atoms with Crippen LogP contribution in [0.1, 0.15) is 18.4 Å². The number of ether oxygens (including phenoxy) is 1. The quantitative estimate of drug-likeness (QED) is 0.645. The van der Waals surface area contributed by atoms with Gasteiger partial charge in [0, 0.05) is 0 Å². The fourth-order valence-electron chi connectivity index (χ4n) is 3.02. The van der Waals surface area contributed by atoms with Crippen LogP contribution in [0.3, 0.4) is 0 Å². The van der Waals surface area contributed by atoms with E-state index in [2.05, 4.69) is 0 Å². The summed E-state index contributed by atoms with van der Waals surface area (Å²) in [5.41, 5.74) is 2.57. The van der Waals surface area contributed by atoms with Gasteiger partial charge >= 0.3 is 0 Å². The Hall–Kier alpha value is -3.07. The highest BCUT2D eigenvalue weighted by molar-refractivity contribution is 6.07. The summed E-state index contributed by atoms with van der Waals surface area (Å²) in [6.45, 7) is 1.94. The smallest absolute Gasteiger partial charge is 0.239 e. The average Bonchev–Trinajstić information content (AvgIpc) is 2.65. The maximum Gasteiger partial charge on any atom is 0.239 e. The van der Waals surface area contributed by atoms with Crippen molar-refractivity contribution in [3.63, 3.8) is 0 Å². The second-order valence-electron chi connectivity index (χ2n) is 5.84. The molecule has 1 heterocycles. The van der Waals surface area contributed by atoms with Gasteiger partial charge in [0.2, 0.25) is 5.91 Å². The van der Waals surface area contributed by atoms with Crippen LogP contribution < -0.4 is 9.64 Å². The van der Waals surface area contributed by atoms with Crippen molar-refractivity contribution in [3.05, 3.63) is 84.4 Å². The number of amides is 1. The van der Waals surface area contributed by atoms with Crippen molar-refractivity contribution in [2.75, 3.05) is 4.90 Å². The van der Waals surface area contributed by atoms with Crippen LogP contribution >= 0.6 is 0 Å². The van der Waals surface area contributed by atoms with Gasteiger partial charge in [-0.05, 0) is 36.8 Å². The van der Waals surface area contributed by atoms with Gasteiger partial charge < -0.3 is 4.74 Å². The molecule has 3 heteroatoms. The summed E-state index contributed by atoms with van der Waals surface area (Å²) >= 11 is 0. The highest BCUT2D eigenvalue weighted by atomic mass is 16.5. The number of nitrogens with zero attached hydrogens (tertiary/aromatic N) is 1.